The number of nitrogens with one attached hydrogen (secondary N) is 1. The van der Waals surface area contributed by atoms with Gasteiger partial charge in [-0.05, 0) is 43.9 Å². The van der Waals surface area contributed by atoms with E-state index in [-0.39, 0.29) is 0 Å². The van der Waals surface area contributed by atoms with Gasteiger partial charge in [-0.25, -0.2) is 0 Å². The minimum absolute atomic E-state index is 0.495. The smallest absolute Gasteiger partial charge is 0.120 e. The average molecular weight is 264 g/mol. The van der Waals surface area contributed by atoms with Gasteiger partial charge in [0.25, 0.3) is 0 Å². The maximum Gasteiger partial charge on any atom is 0.120 e. The second-order valence-corrected chi connectivity index (χ2v) is 6.13. The number of nitrogens with zero attached hydrogens (tertiary/aromatic N) is 1. The summed E-state index contributed by atoms with van der Waals surface area (Å²) in [4.78, 5) is 2.50. The lowest BCUT2D eigenvalue weighted by Gasteiger charge is -2.18. The van der Waals surface area contributed by atoms with E-state index in [9.17, 15) is 0 Å². The van der Waals surface area contributed by atoms with Gasteiger partial charge in [0.2, 0.25) is 0 Å². The fourth-order valence-corrected chi connectivity index (χ4v) is 2.33. The van der Waals surface area contributed by atoms with Crippen LogP contribution >= 0.6 is 0 Å². The van der Waals surface area contributed by atoms with Crippen LogP contribution < -0.4 is 5.32 Å². The van der Waals surface area contributed by atoms with Crippen LogP contribution in [0.25, 0.3) is 0 Å². The molecule has 1 fully saturated rings. The fourth-order valence-electron chi connectivity index (χ4n) is 2.33. The molecule has 0 bridgehead atoms. The Morgan fingerprint density at radius 2 is 2.16 bits per heavy atom. The predicted molar refractivity (Wildman–Crippen MR) is 79.1 cm³/mol. The summed E-state index contributed by atoms with van der Waals surface area (Å²) >= 11 is 0. The van der Waals surface area contributed by atoms with E-state index in [0.29, 0.717) is 6.04 Å². The van der Waals surface area contributed by atoms with E-state index in [0.717, 1.165) is 37.1 Å². The predicted octanol–water partition coefficient (Wildman–Crippen LogP) is 3.32. The van der Waals surface area contributed by atoms with Gasteiger partial charge in [0.05, 0.1) is 13.1 Å². The van der Waals surface area contributed by atoms with Gasteiger partial charge in [-0.2, -0.15) is 0 Å². The SMILES string of the molecule is CCN(Cc1cc(C)c(CNC(C)C)o1)CC1CC1. The molecule has 19 heavy (non-hydrogen) atoms. The maximum absolute atomic E-state index is 5.99. The first-order chi connectivity index (χ1) is 9.08. The van der Waals surface area contributed by atoms with Gasteiger partial charge in [0.1, 0.15) is 11.5 Å². The van der Waals surface area contributed by atoms with Gasteiger partial charge in [0, 0.05) is 12.6 Å². The number of rotatable bonds is 8. The molecule has 0 aliphatic heterocycles. The minimum atomic E-state index is 0.495. The molecular weight excluding hydrogens is 236 g/mol. The highest BCUT2D eigenvalue weighted by atomic mass is 16.3. The summed E-state index contributed by atoms with van der Waals surface area (Å²) in [5, 5.41) is 3.42. The van der Waals surface area contributed by atoms with Crippen molar-refractivity contribution < 1.29 is 4.42 Å². The summed E-state index contributed by atoms with van der Waals surface area (Å²) in [6.45, 7) is 12.8. The van der Waals surface area contributed by atoms with Crippen molar-refractivity contribution in [3.05, 3.63) is 23.2 Å². The first-order valence-electron chi connectivity index (χ1n) is 7.62. The minimum Gasteiger partial charge on any atom is -0.463 e. The van der Waals surface area contributed by atoms with Crippen LogP contribution in [0.15, 0.2) is 10.5 Å². The molecule has 1 aromatic rings. The molecule has 0 saturated heterocycles. The molecule has 0 spiro atoms. The lowest BCUT2D eigenvalue weighted by atomic mass is 10.2. The van der Waals surface area contributed by atoms with Gasteiger partial charge < -0.3 is 9.73 Å². The van der Waals surface area contributed by atoms with Crippen molar-refractivity contribution in [1.29, 1.82) is 0 Å². The van der Waals surface area contributed by atoms with Gasteiger partial charge in [0.15, 0.2) is 0 Å². The Morgan fingerprint density at radius 3 is 2.74 bits per heavy atom. The first-order valence-corrected chi connectivity index (χ1v) is 7.62. The van der Waals surface area contributed by atoms with Crippen molar-refractivity contribution >= 4 is 0 Å². The maximum atomic E-state index is 5.99. The normalized spacial score (nSPS) is 15.7. The average Bonchev–Trinajstić information content (AvgIpc) is 3.10. The first kappa shape index (κ1) is 14.6. The summed E-state index contributed by atoms with van der Waals surface area (Å²) < 4.78 is 5.99. The largest absolute Gasteiger partial charge is 0.463 e. The second kappa shape index (κ2) is 6.58. The van der Waals surface area contributed by atoms with Crippen LogP contribution in [0.4, 0.5) is 0 Å². The van der Waals surface area contributed by atoms with Crippen molar-refractivity contribution in [3.63, 3.8) is 0 Å². The zero-order valence-corrected chi connectivity index (χ0v) is 12.8. The molecule has 3 nitrogen and oxygen atoms in total. The molecule has 1 saturated carbocycles. The topological polar surface area (TPSA) is 28.4 Å². The Bertz CT molecular complexity index is 393. The lowest BCUT2D eigenvalue weighted by molar-refractivity contribution is 0.243. The van der Waals surface area contributed by atoms with Crippen LogP contribution in [0.1, 0.15) is 50.7 Å². The molecule has 0 atom stereocenters. The summed E-state index contributed by atoms with van der Waals surface area (Å²) in [5.74, 6) is 3.14. The van der Waals surface area contributed by atoms with Crippen LogP contribution in [0, 0.1) is 12.8 Å². The third-order valence-electron chi connectivity index (χ3n) is 3.78. The molecule has 1 aromatic heterocycles. The Morgan fingerprint density at radius 1 is 1.42 bits per heavy atom. The van der Waals surface area contributed by atoms with Crippen molar-refractivity contribution in [2.24, 2.45) is 5.92 Å². The van der Waals surface area contributed by atoms with E-state index >= 15 is 0 Å². The quantitative estimate of drug-likeness (QED) is 0.781. The molecular formula is C16H28N2O. The molecule has 1 heterocycles. The standard InChI is InChI=1S/C16H28N2O/c1-5-18(10-14-6-7-14)11-15-8-13(4)16(19-15)9-17-12(2)3/h8,12,14,17H,5-7,9-11H2,1-4H3. The van der Waals surface area contributed by atoms with Crippen LogP contribution in [-0.2, 0) is 13.1 Å². The van der Waals surface area contributed by atoms with Crippen molar-refractivity contribution in [3.8, 4) is 0 Å². The summed E-state index contributed by atoms with van der Waals surface area (Å²) in [6.07, 6.45) is 2.83. The second-order valence-electron chi connectivity index (χ2n) is 6.13. The van der Waals surface area contributed by atoms with E-state index in [1.807, 2.05) is 0 Å². The summed E-state index contributed by atoms with van der Waals surface area (Å²) in [7, 11) is 0. The molecule has 0 unspecified atom stereocenters. The van der Waals surface area contributed by atoms with Gasteiger partial charge in [-0.3, -0.25) is 4.90 Å². The molecule has 108 valence electrons. The molecule has 0 amide bonds. The van der Waals surface area contributed by atoms with Crippen LogP contribution in [0.2, 0.25) is 0 Å². The van der Waals surface area contributed by atoms with Crippen molar-refractivity contribution in [2.75, 3.05) is 13.1 Å². The molecule has 3 heteroatoms. The van der Waals surface area contributed by atoms with Crippen LogP contribution in [0.5, 0.6) is 0 Å². The molecule has 0 aromatic carbocycles. The van der Waals surface area contributed by atoms with E-state index in [1.54, 1.807) is 0 Å². The third-order valence-corrected chi connectivity index (χ3v) is 3.78. The zero-order valence-electron chi connectivity index (χ0n) is 12.8. The van der Waals surface area contributed by atoms with E-state index in [4.69, 9.17) is 4.42 Å². The third kappa shape index (κ3) is 4.66. The fraction of sp³-hybridized carbons (Fsp3) is 0.750. The van der Waals surface area contributed by atoms with Crippen LogP contribution in [0.3, 0.4) is 0 Å². The monoisotopic (exact) mass is 264 g/mol. The van der Waals surface area contributed by atoms with Gasteiger partial charge in [-0.1, -0.05) is 20.8 Å². The van der Waals surface area contributed by atoms with Crippen molar-refractivity contribution in [1.82, 2.24) is 10.2 Å². The van der Waals surface area contributed by atoms with E-state index in [2.05, 4.69) is 44.0 Å². The van der Waals surface area contributed by atoms with E-state index in [1.165, 1.54) is 24.9 Å². The highest BCUT2D eigenvalue weighted by molar-refractivity contribution is 5.20. The zero-order chi connectivity index (χ0) is 13.8. The van der Waals surface area contributed by atoms with Crippen LogP contribution in [-0.4, -0.2) is 24.0 Å². The molecule has 1 aliphatic rings. The summed E-state index contributed by atoms with van der Waals surface area (Å²) in [6, 6.07) is 2.70. The Kier molecular flexibility index (Phi) is 5.06. The molecule has 2 rings (SSSR count). The van der Waals surface area contributed by atoms with Gasteiger partial charge in [-0.15, -0.1) is 0 Å². The molecule has 1 aliphatic carbocycles. The van der Waals surface area contributed by atoms with E-state index < -0.39 is 0 Å². The summed E-state index contributed by atoms with van der Waals surface area (Å²) in [5.41, 5.74) is 1.27. The van der Waals surface area contributed by atoms with Gasteiger partial charge >= 0.3 is 0 Å². The number of hydrogen-bond acceptors (Lipinski definition) is 3. The Labute approximate surface area is 117 Å². The van der Waals surface area contributed by atoms with Crippen molar-refractivity contribution in [2.45, 2.75) is 59.7 Å². The Balaban J connectivity index is 1.90. The molecule has 0 radical (unpaired) electrons. The highest BCUT2D eigenvalue weighted by Gasteiger charge is 2.24. The number of hydrogen-bond donors (Lipinski definition) is 1. The molecule has 1 N–H and O–H groups in total. The Hall–Kier alpha value is -0.800. The number of aryl methyl sites for hydroxylation is 1. The number of furan rings is 1. The lowest BCUT2D eigenvalue weighted by Crippen LogP contribution is -2.25. The highest BCUT2D eigenvalue weighted by Crippen LogP contribution is 2.30.